The molecule has 2 unspecified atom stereocenters. The van der Waals surface area contributed by atoms with Crippen molar-refractivity contribution < 1.29 is 19.2 Å². The number of imide groups is 1. The van der Waals surface area contributed by atoms with Gasteiger partial charge in [-0.15, -0.1) is 12.4 Å². The second kappa shape index (κ2) is 9.09. The van der Waals surface area contributed by atoms with E-state index in [1.807, 2.05) is 0 Å². The molecule has 3 aliphatic rings. The van der Waals surface area contributed by atoms with Gasteiger partial charge in [-0.3, -0.25) is 19.3 Å². The minimum atomic E-state index is -0.880. The van der Waals surface area contributed by atoms with Crippen molar-refractivity contribution in [1.82, 2.24) is 20.4 Å². The summed E-state index contributed by atoms with van der Waals surface area (Å²) in [6, 6.07) is -0.615. The van der Waals surface area contributed by atoms with E-state index in [2.05, 4.69) is 10.6 Å². The molecule has 2 saturated heterocycles. The van der Waals surface area contributed by atoms with Gasteiger partial charge in [0.25, 0.3) is 5.91 Å². The summed E-state index contributed by atoms with van der Waals surface area (Å²) >= 11 is 0. The van der Waals surface area contributed by atoms with Gasteiger partial charge in [-0.25, -0.2) is 4.79 Å². The molecule has 1 aliphatic carbocycles. The van der Waals surface area contributed by atoms with Crippen molar-refractivity contribution in [2.24, 2.45) is 11.7 Å². The molecule has 0 bridgehead atoms. The molecule has 2 atom stereocenters. The summed E-state index contributed by atoms with van der Waals surface area (Å²) in [7, 11) is 0. The van der Waals surface area contributed by atoms with Crippen LogP contribution in [0.15, 0.2) is 0 Å². The number of rotatable bonds is 7. The average molecular weight is 416 g/mol. The number of nitrogens with one attached hydrogen (secondary N) is 2. The largest absolute Gasteiger partial charge is 0.354 e. The van der Waals surface area contributed by atoms with E-state index in [1.165, 1.54) is 0 Å². The van der Waals surface area contributed by atoms with Gasteiger partial charge < -0.3 is 21.3 Å². The Hall–Kier alpha value is -1.87. The van der Waals surface area contributed by atoms with Crippen LogP contribution in [0.3, 0.4) is 0 Å². The van der Waals surface area contributed by atoms with Crippen molar-refractivity contribution in [2.75, 3.05) is 26.2 Å². The summed E-state index contributed by atoms with van der Waals surface area (Å²) in [5.74, 6) is -0.538. The number of nitrogens with zero attached hydrogens (tertiary/aromatic N) is 2. The van der Waals surface area contributed by atoms with Gasteiger partial charge >= 0.3 is 6.03 Å². The number of hydrogen-bond acceptors (Lipinski definition) is 5. The maximum Gasteiger partial charge on any atom is 0.325 e. The van der Waals surface area contributed by atoms with E-state index in [9.17, 15) is 19.2 Å². The van der Waals surface area contributed by atoms with Gasteiger partial charge in [-0.05, 0) is 44.9 Å². The SMILES string of the molecule is CC1(C2CC2)NC(=O)N(CC(=O)N2CCCCC2CNC(=O)CCN)C1=O.Cl. The van der Waals surface area contributed by atoms with Gasteiger partial charge in [0.1, 0.15) is 12.1 Å². The van der Waals surface area contributed by atoms with Gasteiger partial charge in [-0.1, -0.05) is 0 Å². The number of halogens is 1. The fourth-order valence-electron chi connectivity index (χ4n) is 4.01. The molecule has 2 aliphatic heterocycles. The number of piperidine rings is 1. The van der Waals surface area contributed by atoms with E-state index < -0.39 is 11.6 Å². The predicted octanol–water partition coefficient (Wildman–Crippen LogP) is -0.0252. The predicted molar refractivity (Wildman–Crippen MR) is 105 cm³/mol. The first-order valence-electron chi connectivity index (χ1n) is 9.77. The zero-order valence-electron chi connectivity index (χ0n) is 16.2. The molecule has 10 heteroatoms. The number of urea groups is 1. The lowest BCUT2D eigenvalue weighted by molar-refractivity contribution is -0.141. The van der Waals surface area contributed by atoms with Crippen molar-refractivity contribution in [3.8, 4) is 0 Å². The fraction of sp³-hybridized carbons (Fsp3) is 0.778. The third-order valence-electron chi connectivity index (χ3n) is 5.84. The van der Waals surface area contributed by atoms with E-state index in [0.29, 0.717) is 13.1 Å². The molecule has 4 N–H and O–H groups in total. The van der Waals surface area contributed by atoms with Crippen LogP contribution in [0, 0.1) is 5.92 Å². The summed E-state index contributed by atoms with van der Waals surface area (Å²) in [6.07, 6.45) is 4.72. The Bertz CT molecular complexity index is 641. The standard InChI is InChI=1S/C18H29N5O4.ClH/c1-18(12-5-6-12)16(26)23(17(27)21-18)11-15(25)22-9-3-2-4-13(22)10-20-14(24)7-8-19;/h12-13H,2-11,19H2,1H3,(H,20,24)(H,21,27);1H. The quantitative estimate of drug-likeness (QED) is 0.504. The number of nitrogens with two attached hydrogens (primary N) is 1. The van der Waals surface area contributed by atoms with Gasteiger partial charge in [0.05, 0.1) is 0 Å². The molecular formula is C18H30ClN5O4. The maximum absolute atomic E-state index is 12.8. The molecule has 158 valence electrons. The summed E-state index contributed by atoms with van der Waals surface area (Å²) in [4.78, 5) is 52.2. The summed E-state index contributed by atoms with van der Waals surface area (Å²) < 4.78 is 0. The number of amides is 5. The number of hydrogen-bond donors (Lipinski definition) is 3. The Morgan fingerprint density at radius 1 is 1.25 bits per heavy atom. The van der Waals surface area contributed by atoms with Crippen LogP contribution < -0.4 is 16.4 Å². The molecule has 28 heavy (non-hydrogen) atoms. The molecule has 0 spiro atoms. The molecular weight excluding hydrogens is 386 g/mol. The Balaban J connectivity index is 0.00000280. The van der Waals surface area contributed by atoms with E-state index in [0.717, 1.165) is 37.0 Å². The van der Waals surface area contributed by atoms with Crippen molar-refractivity contribution in [2.45, 2.75) is 57.0 Å². The number of carbonyl (C=O) groups is 4. The van der Waals surface area contributed by atoms with Crippen molar-refractivity contribution >= 4 is 36.2 Å². The van der Waals surface area contributed by atoms with Crippen molar-refractivity contribution in [1.29, 1.82) is 0 Å². The smallest absolute Gasteiger partial charge is 0.325 e. The second-order valence-corrected chi connectivity index (χ2v) is 7.88. The molecule has 5 amide bonds. The van der Waals surface area contributed by atoms with Crippen LogP contribution in [0.4, 0.5) is 4.79 Å². The first-order chi connectivity index (χ1) is 12.9. The first-order valence-corrected chi connectivity index (χ1v) is 9.77. The average Bonchev–Trinajstić information content (AvgIpc) is 3.46. The zero-order valence-corrected chi connectivity index (χ0v) is 17.1. The minimum Gasteiger partial charge on any atom is -0.354 e. The number of carbonyl (C=O) groups excluding carboxylic acids is 4. The Morgan fingerprint density at radius 3 is 2.61 bits per heavy atom. The monoisotopic (exact) mass is 415 g/mol. The zero-order chi connectivity index (χ0) is 19.6. The molecule has 3 fully saturated rings. The van der Waals surface area contributed by atoms with E-state index in [1.54, 1.807) is 11.8 Å². The molecule has 3 rings (SSSR count). The molecule has 0 aromatic heterocycles. The highest BCUT2D eigenvalue weighted by Gasteiger charge is 2.56. The normalized spacial score (nSPS) is 27.3. The van der Waals surface area contributed by atoms with Crippen LogP contribution in [0.5, 0.6) is 0 Å². The Kier molecular flexibility index (Phi) is 7.28. The molecule has 0 radical (unpaired) electrons. The number of likely N-dealkylation sites (tertiary alicyclic amines) is 1. The Labute approximate surface area is 171 Å². The summed E-state index contributed by atoms with van der Waals surface area (Å²) in [6.45, 7) is 2.71. The lowest BCUT2D eigenvalue weighted by atomic mass is 9.96. The third-order valence-corrected chi connectivity index (χ3v) is 5.84. The van der Waals surface area contributed by atoms with Crippen LogP contribution in [0.1, 0.15) is 45.4 Å². The lowest BCUT2D eigenvalue weighted by Gasteiger charge is -2.36. The van der Waals surface area contributed by atoms with Gasteiger partial charge in [0.15, 0.2) is 0 Å². The van der Waals surface area contributed by atoms with Crippen LogP contribution in [-0.4, -0.2) is 71.3 Å². The summed E-state index contributed by atoms with van der Waals surface area (Å²) in [5.41, 5.74) is 4.50. The lowest BCUT2D eigenvalue weighted by Crippen LogP contribution is -2.53. The Morgan fingerprint density at radius 2 is 1.96 bits per heavy atom. The molecule has 0 aromatic rings. The van der Waals surface area contributed by atoms with Crippen molar-refractivity contribution in [3.05, 3.63) is 0 Å². The van der Waals surface area contributed by atoms with Crippen molar-refractivity contribution in [3.63, 3.8) is 0 Å². The van der Waals surface area contributed by atoms with Crippen LogP contribution in [-0.2, 0) is 14.4 Å². The highest BCUT2D eigenvalue weighted by Crippen LogP contribution is 2.42. The van der Waals surface area contributed by atoms with Crippen LogP contribution >= 0.6 is 12.4 Å². The summed E-state index contributed by atoms with van der Waals surface area (Å²) in [5, 5.41) is 5.58. The fourth-order valence-corrected chi connectivity index (χ4v) is 4.01. The van der Waals surface area contributed by atoms with Gasteiger partial charge in [0.2, 0.25) is 11.8 Å². The molecule has 2 heterocycles. The highest BCUT2D eigenvalue weighted by atomic mass is 35.5. The highest BCUT2D eigenvalue weighted by molar-refractivity contribution is 6.09. The van der Waals surface area contributed by atoms with Crippen LogP contribution in [0.2, 0.25) is 0 Å². The molecule has 1 saturated carbocycles. The van der Waals surface area contributed by atoms with E-state index >= 15 is 0 Å². The topological polar surface area (TPSA) is 125 Å². The van der Waals surface area contributed by atoms with Gasteiger partial charge in [0, 0.05) is 32.1 Å². The van der Waals surface area contributed by atoms with Crippen LogP contribution in [0.25, 0.3) is 0 Å². The van der Waals surface area contributed by atoms with Gasteiger partial charge in [-0.2, -0.15) is 0 Å². The van der Waals surface area contributed by atoms with E-state index in [-0.39, 0.29) is 61.6 Å². The maximum atomic E-state index is 12.8. The molecule has 0 aromatic carbocycles. The minimum absolute atomic E-state index is 0. The molecule has 9 nitrogen and oxygen atoms in total. The second-order valence-electron chi connectivity index (χ2n) is 7.88. The third kappa shape index (κ3) is 4.57. The first kappa shape index (κ1) is 22.4. The van der Waals surface area contributed by atoms with E-state index in [4.69, 9.17) is 5.73 Å².